The molecular weight excluding hydrogens is 244 g/mol. The first-order valence-electron chi connectivity index (χ1n) is 6.45. The maximum absolute atomic E-state index is 11.6. The Bertz CT molecular complexity index is 461. The molecule has 102 valence electrons. The summed E-state index contributed by atoms with van der Waals surface area (Å²) in [6.45, 7) is 0.538. The quantitative estimate of drug-likeness (QED) is 0.871. The van der Waals surface area contributed by atoms with Gasteiger partial charge in [-0.2, -0.15) is 0 Å². The van der Waals surface area contributed by atoms with Gasteiger partial charge in [-0.3, -0.25) is 4.79 Å². The van der Waals surface area contributed by atoms with Crippen molar-refractivity contribution in [3.05, 3.63) is 35.9 Å². The highest BCUT2D eigenvalue weighted by molar-refractivity contribution is 5.79. The fourth-order valence-electron chi connectivity index (χ4n) is 2.77. The number of likely N-dealkylation sites (tertiary alicyclic amines) is 1. The molecule has 0 radical (unpaired) electrons. The normalized spacial score (nSPS) is 20.8. The zero-order chi connectivity index (χ0) is 13.8. The van der Waals surface area contributed by atoms with E-state index in [0.29, 0.717) is 18.5 Å². The highest BCUT2D eigenvalue weighted by Gasteiger charge is 2.37. The summed E-state index contributed by atoms with van der Waals surface area (Å²) >= 11 is 0. The fourth-order valence-corrected chi connectivity index (χ4v) is 2.77. The Morgan fingerprint density at radius 1 is 1.26 bits per heavy atom. The topological polar surface area (TPSA) is 83.6 Å². The SMILES string of the molecule is NC(=O)N1CCCCC1C(C(=O)O)c1ccccc1. The van der Waals surface area contributed by atoms with E-state index in [9.17, 15) is 14.7 Å². The molecule has 0 aliphatic carbocycles. The Balaban J connectivity index is 2.32. The third kappa shape index (κ3) is 2.86. The molecule has 0 aromatic heterocycles. The predicted molar refractivity (Wildman–Crippen MR) is 70.7 cm³/mol. The maximum atomic E-state index is 11.6. The van der Waals surface area contributed by atoms with Crippen LogP contribution in [0.1, 0.15) is 30.7 Å². The van der Waals surface area contributed by atoms with E-state index in [2.05, 4.69) is 0 Å². The van der Waals surface area contributed by atoms with Gasteiger partial charge < -0.3 is 15.7 Å². The molecule has 1 saturated heterocycles. The molecule has 1 fully saturated rings. The molecule has 2 unspecified atom stereocenters. The number of carbonyl (C=O) groups excluding carboxylic acids is 1. The zero-order valence-electron chi connectivity index (χ0n) is 10.7. The van der Waals surface area contributed by atoms with Crippen molar-refractivity contribution in [1.82, 2.24) is 4.90 Å². The fraction of sp³-hybridized carbons (Fsp3) is 0.429. The number of urea groups is 1. The van der Waals surface area contributed by atoms with E-state index in [1.165, 1.54) is 4.90 Å². The van der Waals surface area contributed by atoms with Gasteiger partial charge in [-0.15, -0.1) is 0 Å². The molecular formula is C14H18N2O3. The van der Waals surface area contributed by atoms with Crippen LogP contribution >= 0.6 is 0 Å². The Hall–Kier alpha value is -2.04. The molecule has 0 saturated carbocycles. The predicted octanol–water partition coefficient (Wildman–Crippen LogP) is 1.79. The zero-order valence-corrected chi connectivity index (χ0v) is 10.7. The summed E-state index contributed by atoms with van der Waals surface area (Å²) < 4.78 is 0. The number of carboxylic acids is 1. The number of carbonyl (C=O) groups is 2. The molecule has 2 amide bonds. The van der Waals surface area contributed by atoms with Crippen molar-refractivity contribution >= 4 is 12.0 Å². The minimum atomic E-state index is -0.913. The summed E-state index contributed by atoms with van der Waals surface area (Å²) in [4.78, 5) is 24.6. The van der Waals surface area contributed by atoms with E-state index < -0.39 is 17.9 Å². The van der Waals surface area contributed by atoms with E-state index >= 15 is 0 Å². The number of amides is 2. The molecule has 3 N–H and O–H groups in total. The number of hydrogen-bond acceptors (Lipinski definition) is 2. The molecule has 1 aromatic rings. The highest BCUT2D eigenvalue weighted by atomic mass is 16.4. The number of hydrogen-bond donors (Lipinski definition) is 2. The van der Waals surface area contributed by atoms with E-state index in [1.54, 1.807) is 12.1 Å². The van der Waals surface area contributed by atoms with Crippen LogP contribution in [-0.2, 0) is 4.79 Å². The van der Waals surface area contributed by atoms with E-state index in [4.69, 9.17) is 5.73 Å². The van der Waals surface area contributed by atoms with Gasteiger partial charge in [0.05, 0.1) is 6.04 Å². The van der Waals surface area contributed by atoms with Gasteiger partial charge in [0, 0.05) is 6.54 Å². The lowest BCUT2D eigenvalue weighted by Crippen LogP contribution is -2.50. The summed E-state index contributed by atoms with van der Waals surface area (Å²) in [6, 6.07) is 8.14. The van der Waals surface area contributed by atoms with Crippen LogP contribution in [0.2, 0.25) is 0 Å². The molecule has 5 nitrogen and oxygen atoms in total. The number of benzene rings is 1. The van der Waals surface area contributed by atoms with Crippen molar-refractivity contribution in [2.75, 3.05) is 6.54 Å². The van der Waals surface area contributed by atoms with Gasteiger partial charge in [-0.25, -0.2) is 4.79 Å². The molecule has 1 aromatic carbocycles. The average Bonchev–Trinajstić information content (AvgIpc) is 2.40. The van der Waals surface area contributed by atoms with Crippen LogP contribution in [-0.4, -0.2) is 34.6 Å². The summed E-state index contributed by atoms with van der Waals surface area (Å²) in [7, 11) is 0. The minimum absolute atomic E-state index is 0.355. The number of nitrogens with zero attached hydrogens (tertiary/aromatic N) is 1. The molecule has 1 aliphatic heterocycles. The summed E-state index contributed by atoms with van der Waals surface area (Å²) in [5, 5.41) is 9.50. The number of aliphatic carboxylic acids is 1. The average molecular weight is 262 g/mol. The van der Waals surface area contributed by atoms with Crippen LogP contribution in [0.3, 0.4) is 0 Å². The lowest BCUT2D eigenvalue weighted by Gasteiger charge is -2.38. The van der Waals surface area contributed by atoms with E-state index in [0.717, 1.165) is 12.8 Å². The van der Waals surface area contributed by atoms with Gasteiger partial charge in [-0.05, 0) is 24.8 Å². The first kappa shape index (κ1) is 13.4. The Labute approximate surface area is 112 Å². The van der Waals surface area contributed by atoms with Crippen LogP contribution < -0.4 is 5.73 Å². The van der Waals surface area contributed by atoms with Crippen molar-refractivity contribution in [1.29, 1.82) is 0 Å². The van der Waals surface area contributed by atoms with Crippen molar-refractivity contribution in [2.45, 2.75) is 31.2 Å². The monoisotopic (exact) mass is 262 g/mol. The van der Waals surface area contributed by atoms with E-state index in [-0.39, 0.29) is 6.04 Å². The van der Waals surface area contributed by atoms with Crippen LogP contribution in [0.5, 0.6) is 0 Å². The number of primary amides is 1. The molecule has 1 aliphatic rings. The molecule has 5 heteroatoms. The number of piperidine rings is 1. The second kappa shape index (κ2) is 5.73. The van der Waals surface area contributed by atoms with Crippen LogP contribution in [0.4, 0.5) is 4.79 Å². The Kier molecular flexibility index (Phi) is 4.04. The first-order valence-corrected chi connectivity index (χ1v) is 6.45. The maximum Gasteiger partial charge on any atom is 0.315 e. The molecule has 0 spiro atoms. The van der Waals surface area contributed by atoms with Crippen molar-refractivity contribution in [2.24, 2.45) is 5.73 Å². The Morgan fingerprint density at radius 2 is 1.95 bits per heavy atom. The third-order valence-electron chi connectivity index (χ3n) is 3.64. The number of nitrogens with two attached hydrogens (primary N) is 1. The lowest BCUT2D eigenvalue weighted by atomic mass is 9.85. The number of rotatable bonds is 3. The Morgan fingerprint density at radius 3 is 2.53 bits per heavy atom. The van der Waals surface area contributed by atoms with Gasteiger partial charge in [0.25, 0.3) is 0 Å². The molecule has 0 bridgehead atoms. The summed E-state index contributed by atoms with van der Waals surface area (Å²) in [5.41, 5.74) is 6.08. The van der Waals surface area contributed by atoms with Crippen LogP contribution in [0, 0.1) is 0 Å². The van der Waals surface area contributed by atoms with E-state index in [1.807, 2.05) is 18.2 Å². The molecule has 1 heterocycles. The largest absolute Gasteiger partial charge is 0.481 e. The highest BCUT2D eigenvalue weighted by Crippen LogP contribution is 2.30. The van der Waals surface area contributed by atoms with Gasteiger partial charge >= 0.3 is 12.0 Å². The van der Waals surface area contributed by atoms with Gasteiger partial charge in [0.1, 0.15) is 5.92 Å². The number of carboxylic acid groups (broad SMARTS) is 1. The second-order valence-corrected chi connectivity index (χ2v) is 4.82. The molecule has 2 atom stereocenters. The van der Waals surface area contributed by atoms with Crippen molar-refractivity contribution in [3.63, 3.8) is 0 Å². The van der Waals surface area contributed by atoms with Crippen molar-refractivity contribution in [3.8, 4) is 0 Å². The van der Waals surface area contributed by atoms with Gasteiger partial charge in [0.15, 0.2) is 0 Å². The first-order chi connectivity index (χ1) is 9.11. The van der Waals surface area contributed by atoms with Crippen molar-refractivity contribution < 1.29 is 14.7 Å². The minimum Gasteiger partial charge on any atom is -0.481 e. The van der Waals surface area contributed by atoms with Crippen LogP contribution in [0.25, 0.3) is 0 Å². The summed E-state index contributed by atoms with van der Waals surface area (Å²) in [6.07, 6.45) is 2.47. The van der Waals surface area contributed by atoms with Gasteiger partial charge in [-0.1, -0.05) is 30.3 Å². The lowest BCUT2D eigenvalue weighted by molar-refractivity contribution is -0.140. The van der Waals surface area contributed by atoms with Crippen LogP contribution in [0.15, 0.2) is 30.3 Å². The summed E-state index contributed by atoms with van der Waals surface area (Å²) in [5.74, 6) is -1.63. The third-order valence-corrected chi connectivity index (χ3v) is 3.64. The van der Waals surface area contributed by atoms with Gasteiger partial charge in [0.2, 0.25) is 0 Å². The molecule has 19 heavy (non-hydrogen) atoms. The molecule has 2 rings (SSSR count). The standard InChI is InChI=1S/C14H18N2O3/c15-14(19)16-9-5-4-8-11(16)12(13(17)18)10-6-2-1-3-7-10/h1-3,6-7,11-12H,4-5,8-9H2,(H2,15,19)(H,17,18). The smallest absolute Gasteiger partial charge is 0.315 e. The second-order valence-electron chi connectivity index (χ2n) is 4.82.